The van der Waals surface area contributed by atoms with Gasteiger partial charge in [-0.3, -0.25) is 9.47 Å². The summed E-state index contributed by atoms with van der Waals surface area (Å²) in [5, 5.41) is 0.498. The van der Waals surface area contributed by atoms with E-state index in [0.717, 1.165) is 0 Å². The molecule has 0 saturated carbocycles. The first-order valence-corrected chi connectivity index (χ1v) is 7.80. The Morgan fingerprint density at radius 3 is 1.34 bits per heavy atom. The zero-order chi connectivity index (χ0) is 25.8. The lowest BCUT2D eigenvalue weighted by Crippen LogP contribution is -2.66. The Labute approximate surface area is 167 Å². The van der Waals surface area contributed by atoms with Gasteiger partial charge in [0, 0.05) is 0 Å². The van der Waals surface area contributed by atoms with Crippen molar-refractivity contribution in [1.82, 2.24) is 0 Å². The third-order valence-electron chi connectivity index (χ3n) is 3.20. The number of hydrogen-bond donors (Lipinski definition) is 0. The van der Waals surface area contributed by atoms with Crippen molar-refractivity contribution >= 4 is 11.3 Å². The van der Waals surface area contributed by atoms with Gasteiger partial charge < -0.3 is 0 Å². The summed E-state index contributed by atoms with van der Waals surface area (Å²) in [6.07, 6.45) is -37.6. The Morgan fingerprint density at radius 1 is 0.562 bits per heavy atom. The highest BCUT2D eigenvalue weighted by Crippen LogP contribution is 2.58. The molecule has 0 aliphatic heterocycles. The molecule has 0 aromatic carbocycles. The minimum Gasteiger partial charge on any atom is -0.265 e. The Bertz CT molecular complexity index is 779. The second-order valence-electron chi connectivity index (χ2n) is 5.47. The van der Waals surface area contributed by atoms with Gasteiger partial charge in [0.15, 0.2) is 0 Å². The number of alkyl halides is 17. The molecule has 2 atom stereocenters. The quantitative estimate of drug-likeness (QED) is 0.349. The van der Waals surface area contributed by atoms with Crippen molar-refractivity contribution in [3.05, 3.63) is 22.4 Å². The van der Waals surface area contributed by atoms with Gasteiger partial charge in [0.1, 0.15) is 0 Å². The van der Waals surface area contributed by atoms with E-state index in [1.54, 1.807) is 0 Å². The van der Waals surface area contributed by atoms with Gasteiger partial charge in [-0.25, -0.2) is 0 Å². The average Bonchev–Trinajstić information content (AvgIpc) is 3.05. The summed E-state index contributed by atoms with van der Waals surface area (Å²) in [5.41, 5.74) is 0. The fraction of sp³-hybridized carbons (Fsp3) is 0.667. The second kappa shape index (κ2) is 7.74. The maximum Gasteiger partial charge on any atom is 0.462 e. The van der Waals surface area contributed by atoms with E-state index in [2.05, 4.69) is 4.74 Å². The summed E-state index contributed by atoms with van der Waals surface area (Å²) in [7, 11) is 0. The third-order valence-corrected chi connectivity index (χ3v) is 4.15. The van der Waals surface area contributed by atoms with Crippen molar-refractivity contribution in [2.24, 2.45) is 0 Å². The molecule has 1 aromatic heterocycles. The first-order valence-electron chi connectivity index (χ1n) is 6.92. The van der Waals surface area contributed by atoms with Crippen LogP contribution in [0.2, 0.25) is 0 Å². The maximum absolute atomic E-state index is 14.2. The van der Waals surface area contributed by atoms with Crippen molar-refractivity contribution in [3.8, 4) is 0 Å². The van der Waals surface area contributed by atoms with Crippen LogP contribution in [-0.2, 0) is 15.3 Å². The highest BCUT2D eigenvalue weighted by Gasteiger charge is 2.85. The van der Waals surface area contributed by atoms with Gasteiger partial charge in [0.2, 0.25) is 0 Å². The molecule has 0 aliphatic carbocycles. The molecule has 20 heteroatoms. The Morgan fingerprint density at radius 2 is 1.03 bits per heavy atom. The van der Waals surface area contributed by atoms with E-state index in [9.17, 15) is 74.6 Å². The van der Waals surface area contributed by atoms with E-state index in [1.165, 1.54) is 4.74 Å². The van der Waals surface area contributed by atoms with E-state index in [4.69, 9.17) is 0 Å². The van der Waals surface area contributed by atoms with Gasteiger partial charge in [0.25, 0.3) is 0 Å². The molecule has 0 aliphatic rings. The van der Waals surface area contributed by atoms with Crippen LogP contribution >= 0.6 is 11.3 Å². The van der Waals surface area contributed by atoms with Gasteiger partial charge in [-0.15, -0.1) is 11.3 Å². The van der Waals surface area contributed by atoms with E-state index >= 15 is 0 Å². The largest absolute Gasteiger partial charge is 0.462 e. The predicted molar refractivity (Wildman–Crippen MR) is 66.1 cm³/mol. The van der Waals surface area contributed by atoms with E-state index in [-0.39, 0.29) is 6.07 Å². The number of hydrogen-bond acceptors (Lipinski definition) is 3. The summed E-state index contributed by atoms with van der Waals surface area (Å²) in [5.74, 6) is -21.8. The Kier molecular flexibility index (Phi) is 6.89. The second-order valence-corrected chi connectivity index (χ2v) is 6.42. The van der Waals surface area contributed by atoms with Gasteiger partial charge in [-0.05, 0) is 11.4 Å². The average molecular weight is 534 g/mol. The number of halogens is 17. The molecule has 1 rings (SSSR count). The van der Waals surface area contributed by atoms with Gasteiger partial charge in [-0.1, -0.05) is 6.07 Å². The number of ether oxygens (including phenoxy) is 2. The topological polar surface area (TPSA) is 18.5 Å². The summed E-state index contributed by atoms with van der Waals surface area (Å²) in [6.45, 7) is 0. The molecule has 0 amide bonds. The smallest absolute Gasteiger partial charge is 0.265 e. The summed E-state index contributed by atoms with van der Waals surface area (Å²) >= 11 is -0.478. The van der Waals surface area contributed by atoms with Gasteiger partial charge >= 0.3 is 48.4 Å². The molecule has 188 valence electrons. The van der Waals surface area contributed by atoms with Gasteiger partial charge in [-0.2, -0.15) is 74.6 Å². The normalized spacial score (nSPS) is 18.9. The van der Waals surface area contributed by atoms with Crippen molar-refractivity contribution in [2.75, 3.05) is 0 Å². The monoisotopic (exact) mass is 534 g/mol. The number of thiophene rings is 1. The highest BCUT2D eigenvalue weighted by molar-refractivity contribution is 7.10. The standard InChI is InChI=1S/C12H3F17O2S/c13-5(8(17,18)19,4-2-1-3-32-4)30-12(28,29)7(16,10(23,24)25)31-11(26,27)6(14,15)9(20,21)22/h1-3H. The van der Waals surface area contributed by atoms with Crippen LogP contribution in [0, 0.1) is 0 Å². The molecule has 32 heavy (non-hydrogen) atoms. The van der Waals surface area contributed by atoms with Crippen LogP contribution in [0.4, 0.5) is 74.6 Å². The highest BCUT2D eigenvalue weighted by atomic mass is 32.1. The van der Waals surface area contributed by atoms with Crippen molar-refractivity contribution in [2.45, 2.75) is 48.4 Å². The van der Waals surface area contributed by atoms with E-state index in [1.807, 2.05) is 0 Å². The maximum atomic E-state index is 14.2. The van der Waals surface area contributed by atoms with Crippen LogP contribution in [-0.4, -0.2) is 42.5 Å². The molecule has 2 nitrogen and oxygen atoms in total. The van der Waals surface area contributed by atoms with Crippen LogP contribution in [0.1, 0.15) is 4.88 Å². The van der Waals surface area contributed by atoms with E-state index < -0.39 is 64.6 Å². The Hall–Kier alpha value is -1.57. The fourth-order valence-electron chi connectivity index (χ4n) is 1.64. The number of rotatable bonds is 7. The first-order chi connectivity index (χ1) is 13.8. The summed E-state index contributed by atoms with van der Waals surface area (Å²) in [4.78, 5) is -2.07. The van der Waals surface area contributed by atoms with Crippen LogP contribution in [0.25, 0.3) is 0 Å². The van der Waals surface area contributed by atoms with Crippen molar-refractivity contribution in [1.29, 1.82) is 0 Å². The van der Waals surface area contributed by atoms with Gasteiger partial charge in [0.05, 0.1) is 4.88 Å². The Balaban J connectivity index is 3.63. The lowest BCUT2D eigenvalue weighted by atomic mass is 10.2. The minimum absolute atomic E-state index is 0.0466. The molecule has 2 unspecified atom stereocenters. The zero-order valence-corrected chi connectivity index (χ0v) is 14.7. The van der Waals surface area contributed by atoms with Crippen LogP contribution in [0.3, 0.4) is 0 Å². The molecular weight excluding hydrogens is 531 g/mol. The fourth-order valence-corrected chi connectivity index (χ4v) is 2.41. The molecular formula is C12H3F17O2S. The molecule has 0 spiro atoms. The molecule has 0 fully saturated rings. The summed E-state index contributed by atoms with van der Waals surface area (Å²) in [6, 6.07) is 0.428. The zero-order valence-electron chi connectivity index (χ0n) is 13.9. The SMILES string of the molecule is FC(F)(F)C(F)(OC(F)(F)C(F)(OC(F)(F)C(F)(F)C(F)(F)F)C(F)(F)F)c1cccs1. The molecule has 0 bridgehead atoms. The minimum atomic E-state index is -7.86. The van der Waals surface area contributed by atoms with Crippen LogP contribution in [0.15, 0.2) is 17.5 Å². The molecule has 1 aromatic rings. The molecule has 1 heterocycles. The lowest BCUT2D eigenvalue weighted by Gasteiger charge is -2.40. The van der Waals surface area contributed by atoms with E-state index in [0.29, 0.717) is 11.4 Å². The third kappa shape index (κ3) is 4.57. The van der Waals surface area contributed by atoms with Crippen LogP contribution in [0.5, 0.6) is 0 Å². The molecule has 0 radical (unpaired) electrons. The lowest BCUT2D eigenvalue weighted by molar-refractivity contribution is -0.554. The van der Waals surface area contributed by atoms with Crippen LogP contribution < -0.4 is 0 Å². The predicted octanol–water partition coefficient (Wildman–Crippen LogP) is 7.08. The van der Waals surface area contributed by atoms with Crippen molar-refractivity contribution in [3.63, 3.8) is 0 Å². The first kappa shape index (κ1) is 28.5. The summed E-state index contributed by atoms with van der Waals surface area (Å²) < 4.78 is 223. The molecule has 0 saturated heterocycles. The molecule has 0 N–H and O–H groups in total. The van der Waals surface area contributed by atoms with Crippen molar-refractivity contribution < 1.29 is 84.1 Å².